The lowest BCUT2D eigenvalue weighted by Crippen LogP contribution is -2.32. The molecule has 5 heteroatoms. The minimum atomic E-state index is -0.142. The summed E-state index contributed by atoms with van der Waals surface area (Å²) in [5.74, 6) is 1.52. The summed E-state index contributed by atoms with van der Waals surface area (Å²) in [5, 5.41) is 9.75. The first-order valence-electron chi connectivity index (χ1n) is 7.32. The molecule has 0 bridgehead atoms. The van der Waals surface area contributed by atoms with Crippen LogP contribution in [0.25, 0.3) is 0 Å². The van der Waals surface area contributed by atoms with Crippen LogP contribution in [-0.4, -0.2) is 21.1 Å². The number of nitrogens with one attached hydrogen (secondary N) is 2. The molecule has 1 aromatic carbocycles. The van der Waals surface area contributed by atoms with Gasteiger partial charge in [-0.25, -0.2) is 4.98 Å². The third kappa shape index (κ3) is 3.90. The van der Waals surface area contributed by atoms with E-state index in [1.54, 1.807) is 0 Å². The highest BCUT2D eigenvalue weighted by Crippen LogP contribution is 2.27. The second kappa shape index (κ2) is 7.02. The van der Waals surface area contributed by atoms with E-state index in [2.05, 4.69) is 34.3 Å². The molecule has 5 nitrogen and oxygen atoms in total. The van der Waals surface area contributed by atoms with Crippen molar-refractivity contribution in [3.8, 4) is 0 Å². The fourth-order valence-corrected chi connectivity index (χ4v) is 2.38. The van der Waals surface area contributed by atoms with E-state index in [0.29, 0.717) is 12.4 Å². The Labute approximate surface area is 125 Å². The fourth-order valence-electron chi connectivity index (χ4n) is 2.38. The quantitative estimate of drug-likeness (QED) is 0.857. The summed E-state index contributed by atoms with van der Waals surface area (Å²) in [6.07, 6.45) is 0.951. The molecular weight excluding hydrogens is 264 g/mol. The van der Waals surface area contributed by atoms with Gasteiger partial charge < -0.3 is 5.32 Å². The Kier molecular flexibility index (Phi) is 5.09. The van der Waals surface area contributed by atoms with Crippen LogP contribution in [0.5, 0.6) is 0 Å². The van der Waals surface area contributed by atoms with Crippen LogP contribution in [0.3, 0.4) is 0 Å². The Balaban J connectivity index is 2.08. The smallest absolute Gasteiger partial charge is 0.228 e. The van der Waals surface area contributed by atoms with Gasteiger partial charge in [-0.1, -0.05) is 50.6 Å². The zero-order chi connectivity index (χ0) is 15.2. The lowest BCUT2D eigenvalue weighted by Gasteiger charge is -2.22. The van der Waals surface area contributed by atoms with Crippen molar-refractivity contribution in [2.24, 2.45) is 5.92 Å². The van der Waals surface area contributed by atoms with Gasteiger partial charge in [0, 0.05) is 0 Å². The first-order valence-corrected chi connectivity index (χ1v) is 7.32. The summed E-state index contributed by atoms with van der Waals surface area (Å²) in [6, 6.07) is 9.92. The molecule has 0 saturated carbocycles. The molecule has 1 heterocycles. The molecule has 0 aliphatic rings. The number of carbonyl (C=O) groups excluding carboxylic acids is 1. The third-order valence-corrected chi connectivity index (χ3v) is 3.72. The first-order chi connectivity index (χ1) is 10.1. The van der Waals surface area contributed by atoms with E-state index < -0.39 is 0 Å². The Hall–Kier alpha value is -2.17. The topological polar surface area (TPSA) is 70.7 Å². The van der Waals surface area contributed by atoms with Gasteiger partial charge in [-0.3, -0.25) is 9.89 Å². The number of aromatic nitrogens is 3. The van der Waals surface area contributed by atoms with Crippen LogP contribution < -0.4 is 5.32 Å². The second-order valence-electron chi connectivity index (χ2n) is 5.33. The third-order valence-electron chi connectivity index (χ3n) is 3.72. The number of H-pyrrole nitrogens is 1. The number of benzene rings is 1. The van der Waals surface area contributed by atoms with Gasteiger partial charge >= 0.3 is 0 Å². The highest BCUT2D eigenvalue weighted by atomic mass is 16.1. The van der Waals surface area contributed by atoms with Crippen LogP contribution in [0.4, 0.5) is 0 Å². The molecule has 0 radical (unpaired) electrons. The van der Waals surface area contributed by atoms with Gasteiger partial charge in [0.15, 0.2) is 5.82 Å². The summed E-state index contributed by atoms with van der Waals surface area (Å²) in [5.41, 5.74) is 1.05. The van der Waals surface area contributed by atoms with E-state index >= 15 is 0 Å². The molecule has 1 aromatic heterocycles. The van der Waals surface area contributed by atoms with E-state index in [1.165, 1.54) is 0 Å². The molecule has 2 atom stereocenters. The minimum absolute atomic E-state index is 0.0259. The predicted molar refractivity (Wildman–Crippen MR) is 81.6 cm³/mol. The van der Waals surface area contributed by atoms with Crippen molar-refractivity contribution in [2.75, 3.05) is 0 Å². The number of aromatic amines is 1. The zero-order valence-corrected chi connectivity index (χ0v) is 12.8. The molecule has 21 heavy (non-hydrogen) atoms. The summed E-state index contributed by atoms with van der Waals surface area (Å²) >= 11 is 0. The molecule has 0 unspecified atom stereocenters. The van der Waals surface area contributed by atoms with E-state index in [0.717, 1.165) is 17.8 Å². The number of hydrogen-bond donors (Lipinski definition) is 2. The maximum absolute atomic E-state index is 12.5. The Morgan fingerprint density at radius 3 is 2.62 bits per heavy atom. The van der Waals surface area contributed by atoms with Crippen LogP contribution in [0.1, 0.15) is 43.4 Å². The van der Waals surface area contributed by atoms with Gasteiger partial charge in [0.2, 0.25) is 5.91 Å². The largest absolute Gasteiger partial charge is 0.348 e. The summed E-state index contributed by atoms with van der Waals surface area (Å²) in [6.45, 7) is 6.40. The Bertz CT molecular complexity index is 579. The Morgan fingerprint density at radius 2 is 2.05 bits per heavy atom. The summed E-state index contributed by atoms with van der Waals surface area (Å²) in [4.78, 5) is 16.7. The number of aryl methyl sites for hydroxylation is 1. The number of amides is 1. The van der Waals surface area contributed by atoms with Crippen molar-refractivity contribution in [2.45, 2.75) is 39.7 Å². The first kappa shape index (κ1) is 15.2. The molecule has 0 saturated heterocycles. The molecule has 2 N–H and O–H groups in total. The number of carbonyl (C=O) groups is 1. The van der Waals surface area contributed by atoms with Crippen LogP contribution in [0.15, 0.2) is 30.3 Å². The Morgan fingerprint density at radius 1 is 1.33 bits per heavy atom. The van der Waals surface area contributed by atoms with Gasteiger partial charge in [0.25, 0.3) is 0 Å². The van der Waals surface area contributed by atoms with Gasteiger partial charge in [0.05, 0.1) is 12.5 Å². The maximum atomic E-state index is 12.5. The number of rotatable bonds is 6. The predicted octanol–water partition coefficient (Wildman–Crippen LogP) is 2.56. The monoisotopic (exact) mass is 286 g/mol. The average molecular weight is 286 g/mol. The molecule has 1 amide bonds. The maximum Gasteiger partial charge on any atom is 0.228 e. The van der Waals surface area contributed by atoms with E-state index in [-0.39, 0.29) is 17.7 Å². The van der Waals surface area contributed by atoms with Gasteiger partial charge in [-0.05, 0) is 18.4 Å². The molecule has 0 spiro atoms. The van der Waals surface area contributed by atoms with Crippen molar-refractivity contribution in [1.29, 1.82) is 0 Å². The molecular formula is C16H22N4O. The average Bonchev–Trinajstić information content (AvgIpc) is 2.92. The molecule has 0 aliphatic heterocycles. The molecule has 2 aromatic rings. The number of hydrogen-bond acceptors (Lipinski definition) is 3. The minimum Gasteiger partial charge on any atom is -0.348 e. The van der Waals surface area contributed by atoms with Crippen molar-refractivity contribution in [3.63, 3.8) is 0 Å². The van der Waals surface area contributed by atoms with Crippen LogP contribution >= 0.6 is 0 Å². The highest BCUT2D eigenvalue weighted by molar-refractivity contribution is 5.83. The van der Waals surface area contributed by atoms with Crippen LogP contribution in [-0.2, 0) is 11.3 Å². The van der Waals surface area contributed by atoms with Crippen molar-refractivity contribution < 1.29 is 4.79 Å². The highest BCUT2D eigenvalue weighted by Gasteiger charge is 2.25. The van der Waals surface area contributed by atoms with Crippen LogP contribution in [0.2, 0.25) is 0 Å². The van der Waals surface area contributed by atoms with Crippen LogP contribution in [0, 0.1) is 12.8 Å². The fraction of sp³-hybridized carbons (Fsp3) is 0.438. The molecule has 0 aliphatic carbocycles. The van der Waals surface area contributed by atoms with E-state index in [4.69, 9.17) is 0 Å². The normalized spacial score (nSPS) is 13.7. The van der Waals surface area contributed by atoms with Gasteiger partial charge in [-0.2, -0.15) is 5.10 Å². The van der Waals surface area contributed by atoms with E-state index in [1.807, 2.05) is 37.3 Å². The van der Waals surface area contributed by atoms with E-state index in [9.17, 15) is 4.79 Å². The zero-order valence-electron chi connectivity index (χ0n) is 12.8. The SMILES string of the molecule is CC[C@@H](C)[C@@H](C(=O)NCc1n[nH]c(C)n1)c1ccccc1. The van der Waals surface area contributed by atoms with Gasteiger partial charge in [0.1, 0.15) is 5.82 Å². The lowest BCUT2D eigenvalue weighted by atomic mass is 9.85. The summed E-state index contributed by atoms with van der Waals surface area (Å²) in [7, 11) is 0. The standard InChI is InChI=1S/C16H22N4O/c1-4-11(2)15(13-8-6-5-7-9-13)16(21)17-10-14-18-12(3)19-20-14/h5-9,11,15H,4,10H2,1-3H3,(H,17,21)(H,18,19,20)/t11-,15-/m1/s1. The van der Waals surface area contributed by atoms with Crippen molar-refractivity contribution >= 4 is 5.91 Å². The molecule has 112 valence electrons. The summed E-state index contributed by atoms with van der Waals surface area (Å²) < 4.78 is 0. The van der Waals surface area contributed by atoms with Crippen molar-refractivity contribution in [1.82, 2.24) is 20.5 Å². The number of nitrogens with zero attached hydrogens (tertiary/aromatic N) is 2. The molecule has 0 fully saturated rings. The lowest BCUT2D eigenvalue weighted by molar-refractivity contribution is -0.123. The second-order valence-corrected chi connectivity index (χ2v) is 5.33. The van der Waals surface area contributed by atoms with Crippen molar-refractivity contribution in [3.05, 3.63) is 47.5 Å². The molecule has 2 rings (SSSR count). The van der Waals surface area contributed by atoms with Gasteiger partial charge in [-0.15, -0.1) is 0 Å².